The van der Waals surface area contributed by atoms with E-state index in [-0.39, 0.29) is 35.5 Å². The minimum absolute atomic E-state index is 0.00682. The minimum Gasteiger partial charge on any atom is -0.341 e. The highest BCUT2D eigenvalue weighted by Gasteiger charge is 2.56. The van der Waals surface area contributed by atoms with E-state index in [1.807, 2.05) is 18.2 Å². The molecule has 2 aromatic carbocycles. The van der Waals surface area contributed by atoms with Crippen molar-refractivity contribution < 1.29 is 9.59 Å². The molecule has 1 saturated heterocycles. The summed E-state index contributed by atoms with van der Waals surface area (Å²) in [6.45, 7) is 3.02. The van der Waals surface area contributed by atoms with Gasteiger partial charge in [0.1, 0.15) is 0 Å². The van der Waals surface area contributed by atoms with Crippen LogP contribution in [0.1, 0.15) is 19.8 Å². The molecule has 2 fully saturated rings. The second-order valence-corrected chi connectivity index (χ2v) is 8.32. The van der Waals surface area contributed by atoms with E-state index in [0.29, 0.717) is 0 Å². The highest BCUT2D eigenvalue weighted by Crippen LogP contribution is 2.50. The number of aromatic nitrogens is 1. The zero-order valence-corrected chi connectivity index (χ0v) is 15.8. The first-order valence-corrected chi connectivity index (χ1v) is 10.3. The topological polar surface area (TPSA) is 42.3 Å². The molecule has 0 radical (unpaired) electrons. The number of rotatable bonds is 2. The molecule has 3 aliphatic carbocycles. The first-order valence-electron chi connectivity index (χ1n) is 10.3. The van der Waals surface area contributed by atoms with Crippen LogP contribution in [0.15, 0.2) is 54.6 Å². The zero-order chi connectivity index (χ0) is 19.0. The van der Waals surface area contributed by atoms with E-state index in [9.17, 15) is 9.59 Å². The summed E-state index contributed by atoms with van der Waals surface area (Å²) in [7, 11) is 0. The van der Waals surface area contributed by atoms with Crippen LogP contribution in [0.2, 0.25) is 0 Å². The first-order chi connectivity index (χ1) is 13.7. The minimum atomic E-state index is -0.163. The number of hydrogen-bond acceptors (Lipinski definition) is 2. The second-order valence-electron chi connectivity index (χ2n) is 8.32. The summed E-state index contributed by atoms with van der Waals surface area (Å²) in [5, 5.41) is 2.27. The third-order valence-electron chi connectivity index (χ3n) is 7.09. The predicted octanol–water partition coefficient (Wildman–Crippen LogP) is 4.52. The molecule has 2 amide bonds. The first kappa shape index (κ1) is 16.1. The van der Waals surface area contributed by atoms with E-state index in [1.165, 1.54) is 15.8 Å². The molecule has 0 N–H and O–H groups in total. The molecule has 4 nitrogen and oxygen atoms in total. The van der Waals surface area contributed by atoms with Gasteiger partial charge in [-0.05, 0) is 55.9 Å². The summed E-state index contributed by atoms with van der Waals surface area (Å²) in [6, 6.07) is 14.4. The number of carbonyl (C=O) groups is 2. The Morgan fingerprint density at radius 2 is 1.50 bits per heavy atom. The van der Waals surface area contributed by atoms with Crippen molar-refractivity contribution in [3.63, 3.8) is 0 Å². The van der Waals surface area contributed by atoms with E-state index < -0.39 is 0 Å². The molecule has 1 aromatic heterocycles. The molecule has 4 heteroatoms. The van der Waals surface area contributed by atoms with E-state index in [2.05, 4.69) is 47.9 Å². The van der Waals surface area contributed by atoms with Crippen LogP contribution in [0.5, 0.6) is 0 Å². The number of amides is 2. The summed E-state index contributed by atoms with van der Waals surface area (Å²) >= 11 is 0. The lowest BCUT2D eigenvalue weighted by molar-refractivity contribution is -0.124. The van der Waals surface area contributed by atoms with Gasteiger partial charge in [-0.15, -0.1) is 0 Å². The van der Waals surface area contributed by atoms with Crippen molar-refractivity contribution in [2.45, 2.75) is 26.3 Å². The molecular weight excluding hydrogens is 348 g/mol. The lowest BCUT2D eigenvalue weighted by Crippen LogP contribution is -2.38. The monoisotopic (exact) mass is 370 g/mol. The average Bonchev–Trinajstić information content (AvgIpc) is 3.21. The van der Waals surface area contributed by atoms with Crippen LogP contribution in [-0.4, -0.2) is 16.4 Å². The standard InChI is InChI=1S/C24H22N2O2/c1-2-25-19-6-4-3-5-17(19)18-13-16(11-12-20(18)25)26-23(27)21-14-7-8-15(10-9-14)22(21)24(26)28/h3-8,11-15,21-22H,2,9-10H2,1H3/t14-,15?,21-,22?/m0/s1. The maximum Gasteiger partial charge on any atom is 0.238 e. The number of benzene rings is 2. The normalized spacial score (nSPS) is 28.7. The van der Waals surface area contributed by atoms with Gasteiger partial charge in [0.15, 0.2) is 0 Å². The van der Waals surface area contributed by atoms with Gasteiger partial charge in [-0.1, -0.05) is 30.4 Å². The van der Waals surface area contributed by atoms with Crippen LogP contribution in [0, 0.1) is 23.7 Å². The Bertz CT molecular complexity index is 1160. The third kappa shape index (κ3) is 1.90. The van der Waals surface area contributed by atoms with E-state index >= 15 is 0 Å². The fourth-order valence-electron chi connectivity index (χ4n) is 5.85. The van der Waals surface area contributed by atoms with Gasteiger partial charge in [-0.3, -0.25) is 9.59 Å². The predicted molar refractivity (Wildman–Crippen MR) is 110 cm³/mol. The maximum atomic E-state index is 13.3. The van der Waals surface area contributed by atoms with Crippen molar-refractivity contribution in [3.05, 3.63) is 54.6 Å². The highest BCUT2D eigenvalue weighted by molar-refractivity contribution is 6.23. The van der Waals surface area contributed by atoms with Crippen LogP contribution in [0.4, 0.5) is 5.69 Å². The van der Waals surface area contributed by atoms with Gasteiger partial charge in [0, 0.05) is 28.4 Å². The number of anilines is 1. The molecule has 3 aromatic rings. The average molecular weight is 370 g/mol. The lowest BCUT2D eigenvalue weighted by Gasteiger charge is -2.38. The summed E-state index contributed by atoms with van der Waals surface area (Å²) in [5.74, 6) is 0.109. The number of fused-ring (bicyclic) bond motifs is 4. The van der Waals surface area contributed by atoms with Gasteiger partial charge >= 0.3 is 0 Å². The summed E-state index contributed by atoms with van der Waals surface area (Å²) in [4.78, 5) is 28.0. The molecule has 2 unspecified atom stereocenters. The molecule has 4 atom stereocenters. The Hall–Kier alpha value is -2.88. The lowest BCUT2D eigenvalue weighted by atomic mass is 9.63. The molecule has 28 heavy (non-hydrogen) atoms. The number of para-hydroxylation sites is 1. The van der Waals surface area contributed by atoms with E-state index in [4.69, 9.17) is 0 Å². The SMILES string of the molecule is CCn1c2ccccc2c2cc(N3C(=O)C4C5C=C[C@@H](CC5)[C@@H]4C3=O)ccc21. The third-order valence-corrected chi connectivity index (χ3v) is 7.09. The number of nitrogens with zero attached hydrogens (tertiary/aromatic N) is 2. The fourth-order valence-corrected chi connectivity index (χ4v) is 5.85. The largest absolute Gasteiger partial charge is 0.341 e. The van der Waals surface area contributed by atoms with Gasteiger partial charge < -0.3 is 4.57 Å². The van der Waals surface area contributed by atoms with Gasteiger partial charge in [0.05, 0.1) is 17.5 Å². The molecule has 2 heterocycles. The molecule has 1 saturated carbocycles. The van der Waals surface area contributed by atoms with Crippen LogP contribution in [0.3, 0.4) is 0 Å². The molecule has 4 aliphatic rings. The summed E-state index contributed by atoms with van der Waals surface area (Å²) in [6.07, 6.45) is 6.39. The number of imide groups is 1. The van der Waals surface area contributed by atoms with Gasteiger partial charge in [0.25, 0.3) is 0 Å². The van der Waals surface area contributed by atoms with Gasteiger partial charge in [-0.2, -0.15) is 0 Å². The Labute approximate surface area is 163 Å². The zero-order valence-electron chi connectivity index (χ0n) is 15.8. The molecule has 0 spiro atoms. The number of hydrogen-bond donors (Lipinski definition) is 0. The van der Waals surface area contributed by atoms with Crippen molar-refractivity contribution >= 4 is 39.3 Å². The Morgan fingerprint density at radius 3 is 2.14 bits per heavy atom. The van der Waals surface area contributed by atoms with Crippen molar-refractivity contribution in [1.82, 2.24) is 4.57 Å². The summed E-state index contributed by atoms with van der Waals surface area (Å²) in [5.41, 5.74) is 3.05. The van der Waals surface area contributed by atoms with Crippen LogP contribution < -0.4 is 4.90 Å². The molecule has 1 aliphatic heterocycles. The number of carbonyl (C=O) groups excluding carboxylic acids is 2. The maximum absolute atomic E-state index is 13.3. The Kier molecular flexibility index (Phi) is 3.20. The number of allylic oxidation sites excluding steroid dienone is 2. The van der Waals surface area contributed by atoms with Crippen molar-refractivity contribution in [3.8, 4) is 0 Å². The number of aryl methyl sites for hydroxylation is 1. The van der Waals surface area contributed by atoms with E-state index in [1.54, 1.807) is 0 Å². The van der Waals surface area contributed by atoms with Crippen LogP contribution in [-0.2, 0) is 16.1 Å². The van der Waals surface area contributed by atoms with Crippen molar-refractivity contribution in [2.24, 2.45) is 23.7 Å². The molecule has 2 bridgehead atoms. The Balaban J connectivity index is 1.51. The van der Waals surface area contributed by atoms with Gasteiger partial charge in [-0.25, -0.2) is 4.90 Å². The van der Waals surface area contributed by atoms with E-state index in [0.717, 1.165) is 36.0 Å². The molecular formula is C24H22N2O2. The smallest absolute Gasteiger partial charge is 0.238 e. The highest BCUT2D eigenvalue weighted by atomic mass is 16.2. The van der Waals surface area contributed by atoms with Crippen LogP contribution in [0.25, 0.3) is 21.8 Å². The summed E-state index contributed by atoms with van der Waals surface area (Å²) < 4.78 is 2.28. The quantitative estimate of drug-likeness (QED) is 0.492. The second kappa shape index (κ2) is 5.57. The molecule has 140 valence electrons. The Morgan fingerprint density at radius 1 is 0.857 bits per heavy atom. The fraction of sp³-hybridized carbons (Fsp3) is 0.333. The van der Waals surface area contributed by atoms with Gasteiger partial charge in [0.2, 0.25) is 11.8 Å². The van der Waals surface area contributed by atoms with Crippen molar-refractivity contribution in [2.75, 3.05) is 4.90 Å². The van der Waals surface area contributed by atoms with Crippen molar-refractivity contribution in [1.29, 1.82) is 0 Å². The molecule has 7 rings (SSSR count). The van der Waals surface area contributed by atoms with Crippen LogP contribution >= 0.6 is 0 Å².